The Morgan fingerprint density at radius 2 is 2.00 bits per heavy atom. The second kappa shape index (κ2) is 7.74. The van der Waals surface area contributed by atoms with Crippen LogP contribution in [0.5, 0.6) is 0 Å². The minimum Gasteiger partial charge on any atom is -0.318 e. The summed E-state index contributed by atoms with van der Waals surface area (Å²) in [6, 6.07) is 0. The van der Waals surface area contributed by atoms with Crippen LogP contribution in [0, 0.1) is 0 Å². The Morgan fingerprint density at radius 1 is 1.39 bits per heavy atom. The van der Waals surface area contributed by atoms with E-state index in [0.29, 0.717) is 16.3 Å². The van der Waals surface area contributed by atoms with E-state index < -0.39 is 11.9 Å². The monoisotopic (exact) mass is 334 g/mol. The lowest BCUT2D eigenvalue weighted by atomic mass is 10.2. The second-order valence-corrected chi connectivity index (χ2v) is 5.38. The summed E-state index contributed by atoms with van der Waals surface area (Å²) in [4.78, 5) is 29.2. The number of carbonyl (C=O) groups excluding carboxylic acids is 2. The van der Waals surface area contributed by atoms with Crippen molar-refractivity contribution in [2.75, 3.05) is 6.54 Å². The number of allylic oxidation sites excluding steroid dienone is 4. The number of carbonyl (C=O) groups is 2. The lowest BCUT2D eigenvalue weighted by Gasteiger charge is -2.17. The first-order chi connectivity index (χ1) is 10.7. The average Bonchev–Trinajstić information content (AvgIpc) is 2.67. The maximum atomic E-state index is 12.4. The standard InChI is InChI=1S/C17H19ClN2O3/c1-7-14(8-15(18)10(2)3)9-20-12(5)11(4)16(17(20)22)19-23-13(6)21/h7-8H,2,4-5,9H2,1,3,6H3/b14-7+,15-8+,19-16-. The van der Waals surface area contributed by atoms with E-state index in [1.165, 1.54) is 11.8 Å². The van der Waals surface area contributed by atoms with E-state index in [1.54, 1.807) is 13.0 Å². The third-order valence-electron chi connectivity index (χ3n) is 3.10. The lowest BCUT2D eigenvalue weighted by molar-refractivity contribution is -0.140. The molecule has 0 radical (unpaired) electrons. The van der Waals surface area contributed by atoms with Crippen molar-refractivity contribution in [1.29, 1.82) is 0 Å². The fraction of sp³-hybridized carbons (Fsp3) is 0.235. The number of halogens is 1. The average molecular weight is 335 g/mol. The van der Waals surface area contributed by atoms with Gasteiger partial charge in [-0.1, -0.05) is 42.6 Å². The molecule has 0 aromatic carbocycles. The first kappa shape index (κ1) is 18.6. The molecule has 1 fully saturated rings. The SMILES string of the molecule is C=C1C(=C)N(CC(=C/C)/C=C(/Cl)C(=C)C)C(=O)/C1=N\OC(C)=O. The number of likely N-dealkylation sites (tertiary alicyclic amines) is 1. The van der Waals surface area contributed by atoms with Crippen molar-refractivity contribution in [3.63, 3.8) is 0 Å². The fourth-order valence-electron chi connectivity index (χ4n) is 1.74. The first-order valence-electron chi connectivity index (χ1n) is 6.83. The number of amides is 1. The number of rotatable bonds is 5. The highest BCUT2D eigenvalue weighted by Crippen LogP contribution is 2.26. The van der Waals surface area contributed by atoms with Gasteiger partial charge in [-0.15, -0.1) is 0 Å². The third-order valence-corrected chi connectivity index (χ3v) is 3.54. The van der Waals surface area contributed by atoms with Crippen LogP contribution in [-0.4, -0.2) is 29.0 Å². The molecule has 23 heavy (non-hydrogen) atoms. The van der Waals surface area contributed by atoms with Crippen LogP contribution in [0.25, 0.3) is 0 Å². The Hall–Kier alpha value is -2.40. The first-order valence-corrected chi connectivity index (χ1v) is 7.21. The zero-order valence-electron chi connectivity index (χ0n) is 13.5. The van der Waals surface area contributed by atoms with Gasteiger partial charge in [-0.2, -0.15) is 0 Å². The molecule has 5 nitrogen and oxygen atoms in total. The Bertz CT molecular complexity index is 684. The molecule has 0 saturated carbocycles. The molecule has 0 aromatic rings. The smallest absolute Gasteiger partial charge is 0.318 e. The molecule has 0 unspecified atom stereocenters. The van der Waals surface area contributed by atoms with E-state index >= 15 is 0 Å². The van der Waals surface area contributed by atoms with Gasteiger partial charge in [0.15, 0.2) is 5.71 Å². The van der Waals surface area contributed by atoms with Gasteiger partial charge in [0.25, 0.3) is 5.91 Å². The summed E-state index contributed by atoms with van der Waals surface area (Å²) >= 11 is 6.09. The third kappa shape index (κ3) is 4.53. The number of hydrogen-bond donors (Lipinski definition) is 0. The Labute approximate surface area is 140 Å². The fourth-order valence-corrected chi connectivity index (χ4v) is 1.88. The topological polar surface area (TPSA) is 59.0 Å². The van der Waals surface area contributed by atoms with Crippen LogP contribution in [0.1, 0.15) is 20.8 Å². The summed E-state index contributed by atoms with van der Waals surface area (Å²) in [5.74, 6) is -1.05. The highest BCUT2D eigenvalue weighted by atomic mass is 35.5. The van der Waals surface area contributed by atoms with Gasteiger partial charge in [-0.25, -0.2) is 4.79 Å². The molecule has 0 aliphatic carbocycles. The van der Waals surface area contributed by atoms with Crippen molar-refractivity contribution in [3.8, 4) is 0 Å². The van der Waals surface area contributed by atoms with Crippen LogP contribution in [0.4, 0.5) is 0 Å². The van der Waals surface area contributed by atoms with Crippen molar-refractivity contribution in [2.24, 2.45) is 5.16 Å². The predicted molar refractivity (Wildman–Crippen MR) is 91.7 cm³/mol. The molecule has 0 aromatic heterocycles. The molecular weight excluding hydrogens is 316 g/mol. The van der Waals surface area contributed by atoms with Crippen LogP contribution in [-0.2, 0) is 14.4 Å². The lowest BCUT2D eigenvalue weighted by Crippen LogP contribution is -2.28. The molecule has 0 N–H and O–H groups in total. The number of nitrogens with zero attached hydrogens (tertiary/aromatic N) is 2. The predicted octanol–water partition coefficient (Wildman–Crippen LogP) is 3.46. The molecule has 1 heterocycles. The molecule has 122 valence electrons. The maximum Gasteiger partial charge on any atom is 0.332 e. The quantitative estimate of drug-likeness (QED) is 0.439. The van der Waals surface area contributed by atoms with Crippen LogP contribution in [0.3, 0.4) is 0 Å². The normalized spacial score (nSPS) is 18.0. The van der Waals surface area contributed by atoms with Crippen molar-refractivity contribution in [1.82, 2.24) is 4.90 Å². The summed E-state index contributed by atoms with van der Waals surface area (Å²) in [6.07, 6.45) is 3.56. The van der Waals surface area contributed by atoms with Crippen LogP contribution >= 0.6 is 11.6 Å². The van der Waals surface area contributed by atoms with Gasteiger partial charge >= 0.3 is 5.97 Å². The van der Waals surface area contributed by atoms with Crippen molar-refractivity contribution in [3.05, 3.63) is 59.3 Å². The van der Waals surface area contributed by atoms with Gasteiger partial charge in [0, 0.05) is 23.2 Å². The van der Waals surface area contributed by atoms with Gasteiger partial charge in [-0.05, 0) is 31.1 Å². The molecular formula is C17H19ClN2O3. The molecule has 1 aliphatic heterocycles. The van der Waals surface area contributed by atoms with Crippen LogP contribution in [0.15, 0.2) is 64.5 Å². The zero-order valence-corrected chi connectivity index (χ0v) is 14.2. The molecule has 1 aliphatic rings. The van der Waals surface area contributed by atoms with Gasteiger partial charge < -0.3 is 9.74 Å². The molecule has 6 heteroatoms. The van der Waals surface area contributed by atoms with Crippen molar-refractivity contribution in [2.45, 2.75) is 20.8 Å². The van der Waals surface area contributed by atoms with Gasteiger partial charge in [0.05, 0.1) is 6.54 Å². The van der Waals surface area contributed by atoms with E-state index in [9.17, 15) is 9.59 Å². The van der Waals surface area contributed by atoms with Crippen LogP contribution in [0.2, 0.25) is 0 Å². The molecule has 1 rings (SSSR count). The summed E-state index contributed by atoms with van der Waals surface area (Å²) < 4.78 is 0. The molecule has 0 atom stereocenters. The Balaban J connectivity index is 3.03. The summed E-state index contributed by atoms with van der Waals surface area (Å²) in [7, 11) is 0. The van der Waals surface area contributed by atoms with Gasteiger partial charge in [0.2, 0.25) is 0 Å². The van der Waals surface area contributed by atoms with E-state index in [4.69, 9.17) is 11.6 Å². The number of oxime groups is 1. The zero-order chi connectivity index (χ0) is 17.7. The summed E-state index contributed by atoms with van der Waals surface area (Å²) in [5, 5.41) is 4.05. The van der Waals surface area contributed by atoms with Crippen LogP contribution < -0.4 is 0 Å². The Kier molecular flexibility index (Phi) is 6.28. The van der Waals surface area contributed by atoms with Gasteiger partial charge in [0.1, 0.15) is 0 Å². The van der Waals surface area contributed by atoms with E-state index in [0.717, 1.165) is 11.1 Å². The number of hydrogen-bond acceptors (Lipinski definition) is 4. The second-order valence-electron chi connectivity index (χ2n) is 4.98. The largest absolute Gasteiger partial charge is 0.332 e. The van der Waals surface area contributed by atoms with Crippen molar-refractivity contribution >= 4 is 29.2 Å². The summed E-state index contributed by atoms with van der Waals surface area (Å²) in [5.41, 5.74) is 2.21. The minimum absolute atomic E-state index is 0.0318. The minimum atomic E-state index is -0.618. The molecule has 0 spiro atoms. The highest BCUT2D eigenvalue weighted by Gasteiger charge is 2.35. The van der Waals surface area contributed by atoms with Gasteiger partial charge in [-0.3, -0.25) is 4.79 Å². The van der Waals surface area contributed by atoms with E-state index in [2.05, 4.69) is 29.7 Å². The van der Waals surface area contributed by atoms with E-state index in [-0.39, 0.29) is 12.3 Å². The molecule has 1 saturated heterocycles. The summed E-state index contributed by atoms with van der Waals surface area (Å²) in [6.45, 7) is 16.4. The molecule has 1 amide bonds. The Morgan fingerprint density at radius 3 is 2.48 bits per heavy atom. The highest BCUT2D eigenvalue weighted by molar-refractivity contribution is 6.49. The molecule has 0 bridgehead atoms. The maximum absolute atomic E-state index is 12.4. The van der Waals surface area contributed by atoms with E-state index in [1.807, 2.05) is 13.0 Å². The van der Waals surface area contributed by atoms with Crippen molar-refractivity contribution < 1.29 is 14.4 Å².